The summed E-state index contributed by atoms with van der Waals surface area (Å²) < 4.78 is 82.8. The summed E-state index contributed by atoms with van der Waals surface area (Å²) in [6.45, 7) is -0.0403. The molecule has 0 saturated carbocycles. The highest BCUT2D eigenvalue weighted by Gasteiger charge is 2.38. The summed E-state index contributed by atoms with van der Waals surface area (Å²) >= 11 is 7.53. The highest BCUT2D eigenvalue weighted by atomic mass is 35.5. The van der Waals surface area contributed by atoms with Gasteiger partial charge in [-0.2, -0.15) is 13.2 Å². The number of aliphatic carboxylic acids is 1. The molecule has 0 spiro atoms. The van der Waals surface area contributed by atoms with E-state index in [9.17, 15) is 26.3 Å². The summed E-state index contributed by atoms with van der Waals surface area (Å²) in [5.41, 5.74) is 4.11. The number of aromatic nitrogens is 2. The third-order valence-electron chi connectivity index (χ3n) is 7.27. The molecule has 0 amide bonds. The maximum absolute atomic E-state index is 14.9. The number of nitrogens with zero attached hydrogens (tertiary/aromatic N) is 2. The smallest absolute Gasteiger partial charge is 0.490 e. The minimum atomic E-state index is -5.08. The van der Waals surface area contributed by atoms with Gasteiger partial charge < -0.3 is 14.9 Å². The monoisotopic (exact) mass is 686 g/mol. The van der Waals surface area contributed by atoms with E-state index in [1.807, 2.05) is 22.8 Å². The molecule has 0 bridgehead atoms. The van der Waals surface area contributed by atoms with Gasteiger partial charge in [-0.1, -0.05) is 29.4 Å². The van der Waals surface area contributed by atoms with Crippen LogP contribution in [0.2, 0.25) is 5.02 Å². The molecule has 0 fully saturated rings. The Labute approximate surface area is 270 Å². The lowest BCUT2D eigenvalue weighted by Gasteiger charge is -2.26. The second-order valence-corrected chi connectivity index (χ2v) is 11.7. The number of rotatable bonds is 9. The highest BCUT2D eigenvalue weighted by Crippen LogP contribution is 2.43. The molecule has 1 aliphatic rings. The van der Waals surface area contributed by atoms with Crippen molar-refractivity contribution in [1.82, 2.24) is 9.55 Å². The van der Waals surface area contributed by atoms with Crippen molar-refractivity contribution in [3.8, 4) is 11.4 Å². The van der Waals surface area contributed by atoms with Crippen molar-refractivity contribution in [2.24, 2.45) is 0 Å². The number of carbonyl (C=O) groups is 1. The number of imidazole rings is 1. The van der Waals surface area contributed by atoms with Crippen LogP contribution >= 0.6 is 23.4 Å². The molecule has 4 aromatic rings. The van der Waals surface area contributed by atoms with E-state index in [2.05, 4.69) is 0 Å². The normalized spacial score (nSPS) is 14.3. The Morgan fingerprint density at radius 1 is 1.09 bits per heavy atom. The van der Waals surface area contributed by atoms with Gasteiger partial charge in [-0.25, -0.2) is 22.9 Å². The largest absolute Gasteiger partial charge is 0.495 e. The predicted octanol–water partition coefficient (Wildman–Crippen LogP) is 8.27. The summed E-state index contributed by atoms with van der Waals surface area (Å²) in [6, 6.07) is 14.5. The van der Waals surface area contributed by atoms with E-state index in [4.69, 9.17) is 36.3 Å². The van der Waals surface area contributed by atoms with Gasteiger partial charge in [0.05, 0.1) is 23.5 Å². The van der Waals surface area contributed by atoms with Crippen LogP contribution in [0.3, 0.4) is 0 Å². The quantitative estimate of drug-likeness (QED) is 0.136. The topological polar surface area (TPSA) is 84.6 Å². The van der Waals surface area contributed by atoms with Crippen molar-refractivity contribution in [3.05, 3.63) is 105 Å². The number of benzene rings is 3. The first kappa shape index (κ1) is 35.2. The molecule has 3 aromatic carbocycles. The van der Waals surface area contributed by atoms with Gasteiger partial charge in [0.15, 0.2) is 5.16 Å². The number of aryl methyl sites for hydroxylation is 2. The molecule has 0 aliphatic heterocycles. The molecule has 0 radical (unpaired) electrons. The minimum absolute atomic E-state index is 0.0221. The number of alkyl halides is 3. The minimum Gasteiger partial charge on any atom is -0.495 e. The number of methoxy groups -OCH3 is 1. The zero-order valence-electron chi connectivity index (χ0n) is 24.4. The van der Waals surface area contributed by atoms with Crippen molar-refractivity contribution < 1.29 is 46.1 Å². The maximum atomic E-state index is 14.9. The van der Waals surface area contributed by atoms with Crippen molar-refractivity contribution >= 4 is 29.3 Å². The number of halogens is 7. The highest BCUT2D eigenvalue weighted by molar-refractivity contribution is 7.98. The fourth-order valence-electron chi connectivity index (χ4n) is 5.12. The van der Waals surface area contributed by atoms with Crippen LogP contribution in [0.4, 0.5) is 26.3 Å². The molecule has 6 nitrogen and oxygen atoms in total. The van der Waals surface area contributed by atoms with E-state index < -0.39 is 23.8 Å². The Morgan fingerprint density at radius 3 is 2.33 bits per heavy atom. The molecule has 1 atom stereocenters. The van der Waals surface area contributed by atoms with Gasteiger partial charge in [-0.05, 0) is 91.8 Å². The summed E-state index contributed by atoms with van der Waals surface area (Å²) in [7, 11) is 1.58. The fourth-order valence-corrected chi connectivity index (χ4v) is 6.37. The van der Waals surface area contributed by atoms with Crippen LogP contribution in [0, 0.1) is 17.5 Å². The molecule has 246 valence electrons. The molecule has 1 aliphatic carbocycles. The van der Waals surface area contributed by atoms with Crippen LogP contribution in [0.15, 0.2) is 59.8 Å². The molecule has 1 aromatic heterocycles. The molecular weight excluding hydrogens is 658 g/mol. The van der Waals surface area contributed by atoms with Gasteiger partial charge in [0.25, 0.3) is 0 Å². The summed E-state index contributed by atoms with van der Waals surface area (Å²) in [6.07, 6.45) is -1.69. The van der Waals surface area contributed by atoms with Gasteiger partial charge in [-0.15, -0.1) is 0 Å². The fraction of sp³-hybridized carbons (Fsp3) is 0.312. The predicted molar refractivity (Wildman–Crippen MR) is 161 cm³/mol. The van der Waals surface area contributed by atoms with Gasteiger partial charge in [0.1, 0.15) is 23.2 Å². The molecule has 14 heteroatoms. The maximum Gasteiger partial charge on any atom is 0.490 e. The zero-order valence-corrected chi connectivity index (χ0v) is 26.0. The van der Waals surface area contributed by atoms with E-state index in [1.165, 1.54) is 36.0 Å². The first-order valence-corrected chi connectivity index (χ1v) is 15.4. The molecule has 5 rings (SSSR count). The number of aliphatic hydroxyl groups is 1. The Kier molecular flexibility index (Phi) is 11.7. The number of fused-ring (bicyclic) bond motifs is 1. The lowest BCUT2D eigenvalue weighted by molar-refractivity contribution is -0.192. The molecule has 46 heavy (non-hydrogen) atoms. The number of carboxylic acids is 1. The van der Waals surface area contributed by atoms with E-state index in [-0.39, 0.29) is 29.7 Å². The zero-order chi connectivity index (χ0) is 33.6. The third kappa shape index (κ3) is 8.37. The summed E-state index contributed by atoms with van der Waals surface area (Å²) in [4.78, 5) is 13.8. The number of aliphatic hydroxyl groups excluding tert-OH is 1. The standard InChI is InChI=1S/C30H28ClF3N2O2S.C2HF3O2/c1-38-28-16-19(7-12-24(28)31)22-5-2-6-27-29(22)36(21-10-8-20(32)9-11-21)30(35-27)39-17-23-25(33)14-18(4-3-13-37)15-26(23)34;3-2(4,5)1(6)7/h7-12,14-16,22,37H,2-6,13,17H2,1H3;(H,6,7). The molecule has 0 saturated heterocycles. The second kappa shape index (κ2) is 15.3. The van der Waals surface area contributed by atoms with Crippen molar-refractivity contribution in [1.29, 1.82) is 0 Å². The van der Waals surface area contributed by atoms with Crippen LogP contribution in [0.5, 0.6) is 5.75 Å². The summed E-state index contributed by atoms with van der Waals surface area (Å²) in [5.74, 6) is -3.76. The Hall–Kier alpha value is -3.68. The van der Waals surface area contributed by atoms with Crippen LogP contribution in [-0.2, 0) is 23.4 Å². The molecule has 2 N–H and O–H groups in total. The Bertz CT molecular complexity index is 1660. The molecular formula is C32H29ClF6N2O4S. The van der Waals surface area contributed by atoms with Gasteiger partial charge in [0.2, 0.25) is 0 Å². The van der Waals surface area contributed by atoms with Crippen LogP contribution in [0.1, 0.15) is 53.3 Å². The molecule has 1 unspecified atom stereocenters. The van der Waals surface area contributed by atoms with Crippen LogP contribution in [-0.4, -0.2) is 45.6 Å². The number of hydrogen-bond donors (Lipinski definition) is 2. The lowest BCUT2D eigenvalue weighted by atomic mass is 9.84. The van der Waals surface area contributed by atoms with Crippen molar-refractivity contribution in [2.45, 2.75) is 55.1 Å². The van der Waals surface area contributed by atoms with Gasteiger partial charge in [-0.3, -0.25) is 4.57 Å². The SMILES string of the molecule is COc1cc(C2CCCc3nc(SCc4c(F)cc(CCCO)cc4F)n(-c4ccc(F)cc4)c32)ccc1Cl.O=C(O)C(F)(F)F. The van der Waals surface area contributed by atoms with E-state index >= 15 is 0 Å². The van der Waals surface area contributed by atoms with E-state index in [0.717, 1.165) is 41.9 Å². The number of hydrogen-bond acceptors (Lipinski definition) is 5. The first-order valence-electron chi connectivity index (χ1n) is 14.1. The Balaban J connectivity index is 0.000000617. The van der Waals surface area contributed by atoms with Crippen molar-refractivity contribution in [2.75, 3.05) is 13.7 Å². The summed E-state index contributed by atoms with van der Waals surface area (Å²) in [5, 5.41) is 17.3. The number of carboxylic acid groups (broad SMARTS) is 1. The number of ether oxygens (including phenoxy) is 1. The van der Waals surface area contributed by atoms with E-state index in [1.54, 1.807) is 19.2 Å². The van der Waals surface area contributed by atoms with E-state index in [0.29, 0.717) is 34.3 Å². The second-order valence-electron chi connectivity index (χ2n) is 10.3. The first-order chi connectivity index (χ1) is 21.8. The van der Waals surface area contributed by atoms with Crippen molar-refractivity contribution in [3.63, 3.8) is 0 Å². The van der Waals surface area contributed by atoms with Gasteiger partial charge >= 0.3 is 12.1 Å². The lowest BCUT2D eigenvalue weighted by Crippen LogP contribution is -2.21. The average Bonchev–Trinajstić information content (AvgIpc) is 3.38. The third-order valence-corrected chi connectivity index (χ3v) is 8.55. The molecule has 1 heterocycles. The number of thioether (sulfide) groups is 1. The van der Waals surface area contributed by atoms with Crippen LogP contribution in [0.25, 0.3) is 5.69 Å². The Morgan fingerprint density at radius 2 is 1.74 bits per heavy atom. The van der Waals surface area contributed by atoms with Crippen LogP contribution < -0.4 is 4.74 Å². The van der Waals surface area contributed by atoms with Gasteiger partial charge in [0, 0.05) is 29.5 Å². The average molecular weight is 687 g/mol.